The predicted octanol–water partition coefficient (Wildman–Crippen LogP) is 3.43. The number of hydrogen-bond donors (Lipinski definition) is 4. The second-order valence-corrected chi connectivity index (χ2v) is 9.54. The minimum Gasteiger partial charge on any atom is -0.457 e. The number of esters is 1. The van der Waals surface area contributed by atoms with Crippen molar-refractivity contribution < 1.29 is 39.4 Å². The minimum absolute atomic E-state index is 0.0210. The molecule has 0 aromatic heterocycles. The van der Waals surface area contributed by atoms with Crippen LogP contribution in [0.4, 0.5) is 0 Å². The van der Waals surface area contributed by atoms with Crippen LogP contribution in [0.25, 0.3) is 0 Å². The molecule has 8 nitrogen and oxygen atoms in total. The van der Waals surface area contributed by atoms with Crippen molar-refractivity contribution in [2.45, 2.75) is 127 Å². The summed E-state index contributed by atoms with van der Waals surface area (Å²) < 4.78 is 16.3. The molecule has 0 radical (unpaired) electrons. The first-order valence-corrected chi connectivity index (χ1v) is 13.7. The number of rotatable bonds is 22. The molecule has 1 unspecified atom stereocenters. The molecule has 0 bridgehead atoms. The number of aliphatic hydroxyl groups is 4. The van der Waals surface area contributed by atoms with Gasteiger partial charge in [-0.15, -0.1) is 0 Å². The zero-order valence-corrected chi connectivity index (χ0v) is 21.7. The number of carbonyl (C=O) groups excluding carboxylic acids is 1. The highest BCUT2D eigenvalue weighted by Gasteiger charge is 2.43. The standard InChI is InChI=1S/C27H50O8/c1-2-3-4-5-6-7-8-9-10-11-12-13-14-15-16-17-25(32)35-24(19-29)27-26(23(31)21-34-27)33-20-22(30)18-28/h9-10,22-24,26-31H,2-8,11-21H2,1H3/t22?,23-,24+,26+,27+/m0/s1. The van der Waals surface area contributed by atoms with Crippen LogP contribution in [0.1, 0.15) is 96.8 Å². The Bertz CT molecular complexity index is 541. The average molecular weight is 503 g/mol. The number of hydrogen-bond acceptors (Lipinski definition) is 8. The Hall–Kier alpha value is -1.03. The van der Waals surface area contributed by atoms with E-state index in [1.165, 1.54) is 44.9 Å². The summed E-state index contributed by atoms with van der Waals surface area (Å²) in [5.74, 6) is -0.416. The van der Waals surface area contributed by atoms with Gasteiger partial charge in [0.1, 0.15) is 24.4 Å². The van der Waals surface area contributed by atoms with Gasteiger partial charge in [0.25, 0.3) is 0 Å². The molecule has 1 rings (SSSR count). The Balaban J connectivity index is 2.11. The molecule has 1 heterocycles. The summed E-state index contributed by atoms with van der Waals surface area (Å²) >= 11 is 0. The monoisotopic (exact) mass is 502 g/mol. The highest BCUT2D eigenvalue weighted by molar-refractivity contribution is 5.69. The molecular weight excluding hydrogens is 452 g/mol. The smallest absolute Gasteiger partial charge is 0.306 e. The van der Waals surface area contributed by atoms with Gasteiger partial charge in [-0.25, -0.2) is 0 Å². The van der Waals surface area contributed by atoms with Crippen LogP contribution in [0.3, 0.4) is 0 Å². The molecule has 0 amide bonds. The molecule has 0 aromatic rings. The summed E-state index contributed by atoms with van der Waals surface area (Å²) in [6, 6.07) is 0. The van der Waals surface area contributed by atoms with E-state index >= 15 is 0 Å². The number of ether oxygens (including phenoxy) is 3. The van der Waals surface area contributed by atoms with Gasteiger partial charge in [0.05, 0.1) is 26.4 Å². The average Bonchev–Trinajstić information content (AvgIpc) is 3.23. The van der Waals surface area contributed by atoms with Crippen molar-refractivity contribution in [3.8, 4) is 0 Å². The molecule has 1 aliphatic rings. The summed E-state index contributed by atoms with van der Waals surface area (Å²) in [5, 5.41) is 38.1. The van der Waals surface area contributed by atoms with E-state index in [2.05, 4.69) is 19.1 Å². The van der Waals surface area contributed by atoms with Gasteiger partial charge in [-0.1, -0.05) is 70.4 Å². The molecule has 5 atom stereocenters. The van der Waals surface area contributed by atoms with Crippen LogP contribution in [-0.4, -0.2) is 83.3 Å². The first-order chi connectivity index (χ1) is 17.0. The van der Waals surface area contributed by atoms with Crippen LogP contribution in [0.5, 0.6) is 0 Å². The molecule has 1 fully saturated rings. The van der Waals surface area contributed by atoms with Crippen molar-refractivity contribution in [3.05, 3.63) is 12.2 Å². The highest BCUT2D eigenvalue weighted by Crippen LogP contribution is 2.23. The van der Waals surface area contributed by atoms with Crippen LogP contribution in [-0.2, 0) is 19.0 Å². The van der Waals surface area contributed by atoms with E-state index in [4.69, 9.17) is 19.3 Å². The topological polar surface area (TPSA) is 126 Å². The van der Waals surface area contributed by atoms with Crippen LogP contribution in [0, 0.1) is 0 Å². The molecule has 0 aliphatic carbocycles. The summed E-state index contributed by atoms with van der Waals surface area (Å²) in [4.78, 5) is 12.2. The van der Waals surface area contributed by atoms with Gasteiger partial charge >= 0.3 is 5.97 Å². The second kappa shape index (κ2) is 21.1. The van der Waals surface area contributed by atoms with Gasteiger partial charge in [-0.2, -0.15) is 0 Å². The Morgan fingerprint density at radius 1 is 0.943 bits per heavy atom. The highest BCUT2D eigenvalue weighted by atomic mass is 16.6. The molecule has 0 saturated carbocycles. The lowest BCUT2D eigenvalue weighted by molar-refractivity contribution is -0.166. The third kappa shape index (κ3) is 15.0. The van der Waals surface area contributed by atoms with E-state index in [1.54, 1.807) is 0 Å². The first-order valence-electron chi connectivity index (χ1n) is 13.7. The van der Waals surface area contributed by atoms with E-state index in [0.717, 1.165) is 38.5 Å². The van der Waals surface area contributed by atoms with Crippen LogP contribution < -0.4 is 0 Å². The molecule has 1 saturated heterocycles. The maximum absolute atomic E-state index is 12.2. The summed E-state index contributed by atoms with van der Waals surface area (Å²) in [6.07, 6.45) is 15.5. The van der Waals surface area contributed by atoms with E-state index in [-0.39, 0.29) is 19.6 Å². The molecule has 206 valence electrons. The summed E-state index contributed by atoms with van der Waals surface area (Å²) in [5.41, 5.74) is 0. The van der Waals surface area contributed by atoms with Gasteiger partial charge in [0, 0.05) is 6.42 Å². The molecule has 8 heteroatoms. The molecule has 35 heavy (non-hydrogen) atoms. The van der Waals surface area contributed by atoms with Gasteiger partial charge in [0.15, 0.2) is 6.10 Å². The van der Waals surface area contributed by atoms with Crippen LogP contribution >= 0.6 is 0 Å². The van der Waals surface area contributed by atoms with Crippen molar-refractivity contribution in [1.29, 1.82) is 0 Å². The lowest BCUT2D eigenvalue weighted by Gasteiger charge is -2.27. The van der Waals surface area contributed by atoms with Crippen molar-refractivity contribution >= 4 is 5.97 Å². The zero-order chi connectivity index (χ0) is 25.7. The van der Waals surface area contributed by atoms with Gasteiger partial charge < -0.3 is 34.6 Å². The van der Waals surface area contributed by atoms with E-state index in [1.807, 2.05) is 0 Å². The Labute approximate surface area is 211 Å². The van der Waals surface area contributed by atoms with E-state index < -0.39 is 49.7 Å². The largest absolute Gasteiger partial charge is 0.457 e. The maximum atomic E-state index is 12.2. The minimum atomic E-state index is -1.08. The number of carbonyl (C=O) groups is 1. The molecule has 4 N–H and O–H groups in total. The normalized spacial score (nSPS) is 22.0. The third-order valence-corrected chi connectivity index (χ3v) is 6.33. The van der Waals surface area contributed by atoms with Crippen LogP contribution in [0.2, 0.25) is 0 Å². The quantitative estimate of drug-likeness (QED) is 0.101. The number of unbranched alkanes of at least 4 members (excludes halogenated alkanes) is 11. The second-order valence-electron chi connectivity index (χ2n) is 9.54. The third-order valence-electron chi connectivity index (χ3n) is 6.33. The van der Waals surface area contributed by atoms with E-state index in [9.17, 15) is 20.1 Å². The fourth-order valence-corrected chi connectivity index (χ4v) is 4.19. The fourth-order valence-electron chi connectivity index (χ4n) is 4.19. The Morgan fingerprint density at radius 3 is 2.14 bits per heavy atom. The van der Waals surface area contributed by atoms with Gasteiger partial charge in [0.2, 0.25) is 0 Å². The lowest BCUT2D eigenvalue weighted by atomic mass is 10.1. The molecule has 0 aromatic carbocycles. The molecular formula is C27H50O8. The zero-order valence-electron chi connectivity index (χ0n) is 21.7. The number of aliphatic hydroxyl groups excluding tert-OH is 4. The molecule has 1 aliphatic heterocycles. The lowest BCUT2D eigenvalue weighted by Crippen LogP contribution is -2.45. The maximum Gasteiger partial charge on any atom is 0.306 e. The summed E-state index contributed by atoms with van der Waals surface area (Å²) in [6.45, 7) is 1.10. The van der Waals surface area contributed by atoms with Crippen molar-refractivity contribution in [3.63, 3.8) is 0 Å². The number of allylic oxidation sites excluding steroid dienone is 2. The van der Waals surface area contributed by atoms with Crippen molar-refractivity contribution in [2.75, 3.05) is 26.4 Å². The summed E-state index contributed by atoms with van der Waals surface area (Å²) in [7, 11) is 0. The van der Waals surface area contributed by atoms with Crippen molar-refractivity contribution in [2.24, 2.45) is 0 Å². The van der Waals surface area contributed by atoms with Gasteiger partial charge in [-0.05, 0) is 32.1 Å². The first kappa shape index (κ1) is 32.0. The fraction of sp³-hybridized carbons (Fsp3) is 0.889. The Kier molecular flexibility index (Phi) is 19.3. The van der Waals surface area contributed by atoms with E-state index in [0.29, 0.717) is 0 Å². The van der Waals surface area contributed by atoms with Gasteiger partial charge in [-0.3, -0.25) is 4.79 Å². The predicted molar refractivity (Wildman–Crippen MR) is 135 cm³/mol. The SMILES string of the molecule is CCCCCCCCC=CCCCCCCCC(=O)O[C@H](CO)[C@H]1OC[C@H](O)[C@H]1OCC(O)CO. The van der Waals surface area contributed by atoms with Crippen molar-refractivity contribution in [1.82, 2.24) is 0 Å². The molecule has 0 spiro atoms. The Morgan fingerprint density at radius 2 is 1.54 bits per heavy atom. The van der Waals surface area contributed by atoms with Crippen LogP contribution in [0.15, 0.2) is 12.2 Å².